The van der Waals surface area contributed by atoms with Gasteiger partial charge in [0.05, 0.1) is 6.10 Å². The normalized spacial score (nSPS) is 12.3. The van der Waals surface area contributed by atoms with E-state index >= 15 is 0 Å². The number of aliphatic carboxylic acids is 1. The van der Waals surface area contributed by atoms with Crippen LogP contribution in [0.25, 0.3) is 10.8 Å². The topological polar surface area (TPSA) is 68.5 Å². The van der Waals surface area contributed by atoms with E-state index < -0.39 is 12.0 Å². The summed E-state index contributed by atoms with van der Waals surface area (Å²) < 4.78 is 6.90. The number of nitrogens with zero attached hydrogens (tertiary/aromatic N) is 1. The molecule has 1 heterocycles. The second-order valence-electron chi connectivity index (χ2n) is 6.10. The van der Waals surface area contributed by atoms with Crippen molar-refractivity contribution >= 4 is 16.7 Å². The Morgan fingerprint density at radius 2 is 1.80 bits per heavy atom. The molecule has 0 aliphatic heterocycles. The van der Waals surface area contributed by atoms with Crippen LogP contribution in [0, 0.1) is 0 Å². The highest BCUT2D eigenvalue weighted by Crippen LogP contribution is 2.22. The molecule has 3 aromatic rings. The van der Waals surface area contributed by atoms with Crippen molar-refractivity contribution < 1.29 is 14.6 Å². The maximum absolute atomic E-state index is 12.8. The largest absolute Gasteiger partial charge is 0.491 e. The zero-order chi connectivity index (χ0) is 18.0. The molecule has 0 spiro atoms. The van der Waals surface area contributed by atoms with E-state index in [2.05, 4.69) is 0 Å². The van der Waals surface area contributed by atoms with Crippen LogP contribution in [0.15, 0.2) is 65.6 Å². The average Bonchev–Trinajstić information content (AvgIpc) is 2.57. The molecule has 25 heavy (non-hydrogen) atoms. The first-order valence-electron chi connectivity index (χ1n) is 8.06. The molecule has 0 saturated heterocycles. The van der Waals surface area contributed by atoms with Crippen LogP contribution in [0.1, 0.15) is 25.5 Å². The van der Waals surface area contributed by atoms with Gasteiger partial charge >= 0.3 is 5.97 Å². The molecule has 0 aliphatic rings. The van der Waals surface area contributed by atoms with Gasteiger partial charge in [-0.1, -0.05) is 30.3 Å². The lowest BCUT2D eigenvalue weighted by Crippen LogP contribution is -2.30. The lowest BCUT2D eigenvalue weighted by atomic mass is 10.1. The van der Waals surface area contributed by atoms with Crippen molar-refractivity contribution in [1.82, 2.24) is 4.57 Å². The number of hydrogen-bond donors (Lipinski definition) is 1. The summed E-state index contributed by atoms with van der Waals surface area (Å²) in [7, 11) is 0. The average molecular weight is 337 g/mol. The van der Waals surface area contributed by atoms with Crippen LogP contribution in [0.5, 0.6) is 5.75 Å². The Bertz CT molecular complexity index is 960. The number of hydrogen-bond acceptors (Lipinski definition) is 3. The minimum Gasteiger partial charge on any atom is -0.491 e. The number of carboxylic acid groups (broad SMARTS) is 1. The van der Waals surface area contributed by atoms with Gasteiger partial charge in [-0.2, -0.15) is 0 Å². The lowest BCUT2D eigenvalue weighted by Gasteiger charge is -2.17. The van der Waals surface area contributed by atoms with Crippen LogP contribution >= 0.6 is 0 Å². The Morgan fingerprint density at radius 1 is 1.08 bits per heavy atom. The van der Waals surface area contributed by atoms with Crippen molar-refractivity contribution in [2.75, 3.05) is 0 Å². The van der Waals surface area contributed by atoms with E-state index in [0.717, 1.165) is 5.39 Å². The van der Waals surface area contributed by atoms with Crippen LogP contribution in [0.3, 0.4) is 0 Å². The van der Waals surface area contributed by atoms with Gasteiger partial charge in [-0.15, -0.1) is 0 Å². The predicted molar refractivity (Wildman–Crippen MR) is 96.2 cm³/mol. The van der Waals surface area contributed by atoms with E-state index in [9.17, 15) is 14.7 Å². The number of aromatic nitrogens is 1. The van der Waals surface area contributed by atoms with Crippen molar-refractivity contribution in [2.45, 2.75) is 26.0 Å². The molecule has 1 unspecified atom stereocenters. The molecular weight excluding hydrogens is 318 g/mol. The number of fused-ring (bicyclic) bond motifs is 1. The van der Waals surface area contributed by atoms with Crippen molar-refractivity contribution in [3.05, 3.63) is 76.7 Å². The fraction of sp³-hybridized carbons (Fsp3) is 0.200. The third-order valence-electron chi connectivity index (χ3n) is 3.90. The molecule has 1 atom stereocenters. The molecule has 3 rings (SSSR count). The second-order valence-corrected chi connectivity index (χ2v) is 6.10. The van der Waals surface area contributed by atoms with Crippen LogP contribution in [0.2, 0.25) is 0 Å². The first kappa shape index (κ1) is 16.8. The Morgan fingerprint density at radius 3 is 2.44 bits per heavy atom. The van der Waals surface area contributed by atoms with E-state index in [1.807, 2.05) is 19.9 Å². The minimum atomic E-state index is -1.08. The summed E-state index contributed by atoms with van der Waals surface area (Å²) in [5.41, 5.74) is 0.209. The molecular formula is C20H19NO4. The van der Waals surface area contributed by atoms with E-state index in [4.69, 9.17) is 4.74 Å². The zero-order valence-electron chi connectivity index (χ0n) is 14.0. The molecule has 2 aromatic carbocycles. The molecule has 0 bridgehead atoms. The fourth-order valence-corrected chi connectivity index (χ4v) is 2.85. The SMILES string of the molecule is CC(C)Oc1ccc2c(=O)n(C(C(=O)O)c3ccccc3)ccc2c1. The molecule has 1 N–H and O–H groups in total. The number of carboxylic acids is 1. The van der Waals surface area contributed by atoms with E-state index in [1.54, 1.807) is 48.5 Å². The third kappa shape index (κ3) is 3.40. The third-order valence-corrected chi connectivity index (χ3v) is 3.90. The van der Waals surface area contributed by atoms with Gasteiger partial charge < -0.3 is 9.84 Å². The zero-order valence-corrected chi connectivity index (χ0v) is 14.0. The summed E-state index contributed by atoms with van der Waals surface area (Å²) in [5, 5.41) is 10.8. The van der Waals surface area contributed by atoms with E-state index in [0.29, 0.717) is 16.7 Å². The van der Waals surface area contributed by atoms with Crippen LogP contribution in [0.4, 0.5) is 0 Å². The molecule has 0 radical (unpaired) electrons. The maximum Gasteiger partial charge on any atom is 0.331 e. The Labute approximate surface area is 145 Å². The van der Waals surface area contributed by atoms with Crippen molar-refractivity contribution in [3.63, 3.8) is 0 Å². The molecule has 1 aromatic heterocycles. The number of rotatable bonds is 5. The number of benzene rings is 2. The monoisotopic (exact) mass is 337 g/mol. The summed E-state index contributed by atoms with van der Waals surface area (Å²) in [4.78, 5) is 24.6. The van der Waals surface area contributed by atoms with Gasteiger partial charge in [-0.05, 0) is 49.1 Å². The van der Waals surface area contributed by atoms with Gasteiger partial charge in [0.1, 0.15) is 5.75 Å². The molecule has 0 saturated carbocycles. The smallest absolute Gasteiger partial charge is 0.331 e. The fourth-order valence-electron chi connectivity index (χ4n) is 2.85. The molecule has 0 fully saturated rings. The first-order chi connectivity index (χ1) is 12.0. The van der Waals surface area contributed by atoms with Crippen molar-refractivity contribution in [2.24, 2.45) is 0 Å². The molecule has 5 nitrogen and oxygen atoms in total. The standard InChI is InChI=1S/C20H19NO4/c1-13(2)25-16-8-9-17-15(12-16)10-11-21(19(17)22)18(20(23)24)14-6-4-3-5-7-14/h3-13,18H,1-2H3,(H,23,24). The highest BCUT2D eigenvalue weighted by molar-refractivity contribution is 5.84. The summed E-state index contributed by atoms with van der Waals surface area (Å²) in [6.07, 6.45) is 1.56. The van der Waals surface area contributed by atoms with E-state index in [-0.39, 0.29) is 11.7 Å². The van der Waals surface area contributed by atoms with Gasteiger partial charge in [0.15, 0.2) is 6.04 Å². The lowest BCUT2D eigenvalue weighted by molar-refractivity contribution is -0.139. The second kappa shape index (κ2) is 6.81. The minimum absolute atomic E-state index is 0.0345. The number of carbonyl (C=O) groups is 1. The van der Waals surface area contributed by atoms with Crippen LogP contribution in [-0.2, 0) is 4.79 Å². The molecule has 5 heteroatoms. The summed E-state index contributed by atoms with van der Waals surface area (Å²) >= 11 is 0. The molecule has 128 valence electrons. The van der Waals surface area contributed by atoms with Crippen molar-refractivity contribution in [3.8, 4) is 5.75 Å². The highest BCUT2D eigenvalue weighted by atomic mass is 16.5. The van der Waals surface area contributed by atoms with Crippen molar-refractivity contribution in [1.29, 1.82) is 0 Å². The van der Waals surface area contributed by atoms with Gasteiger partial charge in [0, 0.05) is 11.6 Å². The summed E-state index contributed by atoms with van der Waals surface area (Å²) in [5.74, 6) is -0.398. The first-order valence-corrected chi connectivity index (χ1v) is 8.06. The Balaban J connectivity index is 2.12. The molecule has 0 amide bonds. The quantitative estimate of drug-likeness (QED) is 0.774. The van der Waals surface area contributed by atoms with E-state index in [1.165, 1.54) is 10.8 Å². The molecule has 0 aliphatic carbocycles. The van der Waals surface area contributed by atoms with Gasteiger partial charge in [-0.25, -0.2) is 4.79 Å². The predicted octanol–water partition coefficient (Wildman–Crippen LogP) is 3.46. The number of ether oxygens (including phenoxy) is 1. The Kier molecular flexibility index (Phi) is 4.57. The Hall–Kier alpha value is -3.08. The van der Waals surface area contributed by atoms with Gasteiger partial charge in [0.2, 0.25) is 0 Å². The highest BCUT2D eigenvalue weighted by Gasteiger charge is 2.23. The maximum atomic E-state index is 12.8. The van der Waals surface area contributed by atoms with Crippen LogP contribution < -0.4 is 10.3 Å². The van der Waals surface area contributed by atoms with Crippen LogP contribution in [-0.4, -0.2) is 21.7 Å². The summed E-state index contributed by atoms with van der Waals surface area (Å²) in [6, 6.07) is 14.6. The van der Waals surface area contributed by atoms with Gasteiger partial charge in [-0.3, -0.25) is 9.36 Å². The summed E-state index contributed by atoms with van der Waals surface area (Å²) in [6.45, 7) is 3.86. The van der Waals surface area contributed by atoms with Gasteiger partial charge in [0.25, 0.3) is 5.56 Å². The number of pyridine rings is 1.